The topological polar surface area (TPSA) is 57.6 Å². The number of likely N-dealkylation sites (tertiary alicyclic amines) is 1. The molecule has 3 rings (SSSR count). The number of carboxylic acid groups (broad SMARTS) is 1. The van der Waals surface area contributed by atoms with Crippen LogP contribution in [-0.4, -0.2) is 34.5 Å². The summed E-state index contributed by atoms with van der Waals surface area (Å²) in [5.74, 6) is -0.0796. The second kappa shape index (κ2) is 4.00. The first-order chi connectivity index (χ1) is 8.15. The third-order valence-electron chi connectivity index (χ3n) is 4.82. The van der Waals surface area contributed by atoms with E-state index in [1.54, 1.807) is 0 Å². The lowest BCUT2D eigenvalue weighted by molar-refractivity contribution is -0.141. The molecule has 1 N–H and O–H groups in total. The highest BCUT2D eigenvalue weighted by atomic mass is 16.4. The third kappa shape index (κ3) is 1.83. The van der Waals surface area contributed by atoms with E-state index in [9.17, 15) is 9.59 Å². The van der Waals surface area contributed by atoms with Gasteiger partial charge in [-0.05, 0) is 44.4 Å². The molecule has 1 heterocycles. The van der Waals surface area contributed by atoms with E-state index >= 15 is 0 Å². The Morgan fingerprint density at radius 1 is 1.00 bits per heavy atom. The van der Waals surface area contributed by atoms with Gasteiger partial charge in [0.15, 0.2) is 0 Å². The van der Waals surface area contributed by atoms with Crippen LogP contribution in [0.25, 0.3) is 0 Å². The smallest absolute Gasteiger partial charge is 0.306 e. The quantitative estimate of drug-likeness (QED) is 0.791. The highest BCUT2D eigenvalue weighted by Crippen LogP contribution is 2.40. The van der Waals surface area contributed by atoms with Crippen molar-refractivity contribution in [2.45, 2.75) is 44.6 Å². The van der Waals surface area contributed by atoms with Crippen LogP contribution in [0.4, 0.5) is 0 Å². The average Bonchev–Trinajstić information content (AvgIpc) is 3.03. The summed E-state index contributed by atoms with van der Waals surface area (Å²) in [4.78, 5) is 25.3. The molecule has 4 heteroatoms. The van der Waals surface area contributed by atoms with E-state index in [4.69, 9.17) is 5.11 Å². The molecule has 1 saturated heterocycles. The molecule has 4 atom stereocenters. The molecule has 2 aliphatic carbocycles. The summed E-state index contributed by atoms with van der Waals surface area (Å²) in [5.41, 5.74) is 0. The van der Waals surface area contributed by atoms with Crippen LogP contribution in [0.5, 0.6) is 0 Å². The van der Waals surface area contributed by atoms with Crippen molar-refractivity contribution in [1.82, 2.24) is 4.90 Å². The normalized spacial score (nSPS) is 39.9. The summed E-state index contributed by atoms with van der Waals surface area (Å²) in [6.45, 7) is 0.928. The van der Waals surface area contributed by atoms with Gasteiger partial charge in [-0.1, -0.05) is 0 Å². The molecular formula is C13H19NO3. The Hall–Kier alpha value is -1.06. The molecule has 17 heavy (non-hydrogen) atoms. The van der Waals surface area contributed by atoms with E-state index in [1.165, 1.54) is 12.8 Å². The summed E-state index contributed by atoms with van der Waals surface area (Å²) in [5, 5.41) is 8.96. The fourth-order valence-electron chi connectivity index (χ4n) is 3.86. The highest BCUT2D eigenvalue weighted by molar-refractivity contribution is 5.81. The van der Waals surface area contributed by atoms with E-state index in [2.05, 4.69) is 0 Å². The largest absolute Gasteiger partial charge is 0.481 e. The first-order valence-electron chi connectivity index (χ1n) is 6.68. The highest BCUT2D eigenvalue weighted by Gasteiger charge is 2.44. The van der Waals surface area contributed by atoms with Crippen molar-refractivity contribution >= 4 is 11.9 Å². The molecule has 2 bridgehead atoms. The van der Waals surface area contributed by atoms with Crippen molar-refractivity contribution in [3.63, 3.8) is 0 Å². The number of nitrogens with zero attached hydrogens (tertiary/aromatic N) is 1. The minimum Gasteiger partial charge on any atom is -0.481 e. The lowest BCUT2D eigenvalue weighted by atomic mass is 10.0. The second-order valence-electron chi connectivity index (χ2n) is 5.87. The van der Waals surface area contributed by atoms with Gasteiger partial charge in [-0.15, -0.1) is 0 Å². The minimum atomic E-state index is -0.733. The minimum absolute atomic E-state index is 0.0181. The number of amides is 1. The monoisotopic (exact) mass is 237 g/mol. The molecule has 94 valence electrons. The maximum absolute atomic E-state index is 12.3. The Bertz CT molecular complexity index is 355. The molecule has 0 aromatic rings. The van der Waals surface area contributed by atoms with E-state index in [0.717, 1.165) is 25.3 Å². The Morgan fingerprint density at radius 2 is 1.76 bits per heavy atom. The van der Waals surface area contributed by atoms with Gasteiger partial charge in [0.1, 0.15) is 0 Å². The zero-order valence-corrected chi connectivity index (χ0v) is 9.97. The van der Waals surface area contributed by atoms with E-state index in [-0.39, 0.29) is 17.7 Å². The number of carbonyl (C=O) groups is 2. The molecule has 1 aliphatic heterocycles. The van der Waals surface area contributed by atoms with Crippen LogP contribution in [-0.2, 0) is 9.59 Å². The fourth-order valence-corrected chi connectivity index (χ4v) is 3.86. The number of hydrogen-bond acceptors (Lipinski definition) is 2. The van der Waals surface area contributed by atoms with Crippen molar-refractivity contribution in [2.75, 3.05) is 6.54 Å². The molecule has 2 unspecified atom stereocenters. The predicted molar refractivity (Wildman–Crippen MR) is 61.3 cm³/mol. The first kappa shape index (κ1) is 11.1. The van der Waals surface area contributed by atoms with Gasteiger partial charge in [0.25, 0.3) is 0 Å². The van der Waals surface area contributed by atoms with Crippen LogP contribution in [0.3, 0.4) is 0 Å². The lowest BCUT2D eigenvalue weighted by Crippen LogP contribution is -2.40. The van der Waals surface area contributed by atoms with E-state index < -0.39 is 5.97 Å². The Balaban J connectivity index is 1.62. The molecular weight excluding hydrogens is 218 g/mol. The SMILES string of the molecule is O=C(O)[C@H]1CC[C@@H](C(=O)N2CC3CCC2C3)C1. The Kier molecular flexibility index (Phi) is 2.60. The fraction of sp³-hybridized carbons (Fsp3) is 0.846. The number of fused-ring (bicyclic) bond motifs is 2. The number of piperidine rings is 1. The van der Waals surface area contributed by atoms with Gasteiger partial charge in [-0.3, -0.25) is 9.59 Å². The molecule has 2 saturated carbocycles. The van der Waals surface area contributed by atoms with Gasteiger partial charge >= 0.3 is 5.97 Å². The summed E-state index contributed by atoms with van der Waals surface area (Å²) in [6.07, 6.45) is 5.61. The van der Waals surface area contributed by atoms with Crippen LogP contribution >= 0.6 is 0 Å². The molecule has 0 radical (unpaired) electrons. The molecule has 0 spiro atoms. The van der Waals surface area contributed by atoms with Crippen LogP contribution in [0.2, 0.25) is 0 Å². The van der Waals surface area contributed by atoms with Crippen molar-refractivity contribution in [2.24, 2.45) is 17.8 Å². The maximum Gasteiger partial charge on any atom is 0.306 e. The van der Waals surface area contributed by atoms with Crippen molar-refractivity contribution in [3.05, 3.63) is 0 Å². The second-order valence-corrected chi connectivity index (χ2v) is 5.87. The van der Waals surface area contributed by atoms with E-state index in [0.29, 0.717) is 18.9 Å². The Morgan fingerprint density at radius 3 is 2.29 bits per heavy atom. The van der Waals surface area contributed by atoms with Crippen molar-refractivity contribution < 1.29 is 14.7 Å². The number of carbonyl (C=O) groups excluding carboxylic acids is 1. The van der Waals surface area contributed by atoms with Gasteiger partial charge in [0.05, 0.1) is 5.92 Å². The standard InChI is InChI=1S/C13H19NO3/c15-12(9-2-3-10(6-9)13(16)17)14-7-8-1-4-11(14)5-8/h8-11H,1-7H2,(H,16,17)/t8?,9-,10+,11?/m1/s1. The predicted octanol–water partition coefficient (Wildman–Crippen LogP) is 1.50. The molecule has 3 aliphatic rings. The van der Waals surface area contributed by atoms with Crippen molar-refractivity contribution in [1.29, 1.82) is 0 Å². The van der Waals surface area contributed by atoms with Gasteiger partial charge in [0.2, 0.25) is 5.91 Å². The van der Waals surface area contributed by atoms with Gasteiger partial charge in [-0.25, -0.2) is 0 Å². The van der Waals surface area contributed by atoms with Gasteiger partial charge in [-0.2, -0.15) is 0 Å². The molecule has 0 aromatic heterocycles. The first-order valence-corrected chi connectivity index (χ1v) is 6.68. The van der Waals surface area contributed by atoms with Crippen LogP contribution in [0.1, 0.15) is 38.5 Å². The van der Waals surface area contributed by atoms with Crippen LogP contribution in [0, 0.1) is 17.8 Å². The number of rotatable bonds is 2. The molecule has 4 nitrogen and oxygen atoms in total. The number of hydrogen-bond donors (Lipinski definition) is 1. The number of aliphatic carboxylic acids is 1. The summed E-state index contributed by atoms with van der Waals surface area (Å²) in [7, 11) is 0. The third-order valence-corrected chi connectivity index (χ3v) is 4.82. The zero-order chi connectivity index (χ0) is 12.0. The van der Waals surface area contributed by atoms with Crippen LogP contribution < -0.4 is 0 Å². The molecule has 0 aromatic carbocycles. The van der Waals surface area contributed by atoms with E-state index in [1.807, 2.05) is 4.90 Å². The zero-order valence-electron chi connectivity index (χ0n) is 9.97. The number of carboxylic acids is 1. The van der Waals surface area contributed by atoms with Crippen LogP contribution in [0.15, 0.2) is 0 Å². The maximum atomic E-state index is 12.3. The molecule has 3 fully saturated rings. The summed E-state index contributed by atoms with van der Waals surface area (Å²) >= 11 is 0. The Labute approximate surface area is 101 Å². The van der Waals surface area contributed by atoms with Gasteiger partial charge in [0, 0.05) is 18.5 Å². The molecule has 1 amide bonds. The summed E-state index contributed by atoms with van der Waals surface area (Å²) in [6, 6.07) is 0.469. The average molecular weight is 237 g/mol. The summed E-state index contributed by atoms with van der Waals surface area (Å²) < 4.78 is 0. The van der Waals surface area contributed by atoms with Crippen molar-refractivity contribution in [3.8, 4) is 0 Å². The van der Waals surface area contributed by atoms with Gasteiger partial charge < -0.3 is 10.0 Å². The lowest BCUT2D eigenvalue weighted by Gasteiger charge is -2.29.